The molecule has 0 aliphatic carbocycles. The minimum atomic E-state index is -0.211. The van der Waals surface area contributed by atoms with Crippen LogP contribution in [0.25, 0.3) is 0 Å². The summed E-state index contributed by atoms with van der Waals surface area (Å²) >= 11 is 0. The van der Waals surface area contributed by atoms with Gasteiger partial charge in [0.25, 0.3) is 0 Å². The molecule has 0 saturated heterocycles. The Morgan fingerprint density at radius 3 is 2.40 bits per heavy atom. The van der Waals surface area contributed by atoms with Gasteiger partial charge in [0.2, 0.25) is 0 Å². The fourth-order valence-corrected chi connectivity index (χ4v) is 2.53. The summed E-state index contributed by atoms with van der Waals surface area (Å²) in [6.07, 6.45) is 4.35. The molecule has 1 N–H and O–H groups in total. The van der Waals surface area contributed by atoms with Crippen LogP contribution in [-0.2, 0) is 19.5 Å². The Morgan fingerprint density at radius 1 is 0.840 bits per heavy atom. The molecule has 4 heteroatoms. The summed E-state index contributed by atoms with van der Waals surface area (Å²) in [7, 11) is 0. The van der Waals surface area contributed by atoms with Crippen molar-refractivity contribution >= 4 is 0 Å². The standard InChI is InChI=1S/C21H21FN2O/c22-20-6-4-17(5-7-20)10-13-25-21-3-1-2-19(14-21)16-24-15-18-8-11-23-12-9-18/h1-9,11-12,14,24H,10,13,15-16H2. The van der Waals surface area contributed by atoms with E-state index in [2.05, 4.69) is 16.4 Å². The van der Waals surface area contributed by atoms with E-state index < -0.39 is 0 Å². The van der Waals surface area contributed by atoms with Crippen molar-refractivity contribution in [3.05, 3.63) is 95.6 Å². The maximum atomic E-state index is 12.9. The zero-order valence-corrected chi connectivity index (χ0v) is 14.0. The number of ether oxygens (including phenoxy) is 1. The molecule has 0 saturated carbocycles. The molecule has 0 atom stereocenters. The molecular formula is C21H21FN2O. The van der Waals surface area contributed by atoms with Gasteiger partial charge < -0.3 is 10.1 Å². The second-order valence-electron chi connectivity index (χ2n) is 5.83. The zero-order chi connectivity index (χ0) is 17.3. The van der Waals surface area contributed by atoms with Gasteiger partial charge in [0, 0.05) is 31.9 Å². The predicted octanol–water partition coefficient (Wildman–Crippen LogP) is 4.13. The van der Waals surface area contributed by atoms with Gasteiger partial charge in [0.15, 0.2) is 0 Å². The predicted molar refractivity (Wildman–Crippen MR) is 96.8 cm³/mol. The van der Waals surface area contributed by atoms with Crippen molar-refractivity contribution in [3.63, 3.8) is 0 Å². The molecule has 0 spiro atoms. The summed E-state index contributed by atoms with van der Waals surface area (Å²) in [4.78, 5) is 4.02. The average Bonchev–Trinajstić information content (AvgIpc) is 2.65. The van der Waals surface area contributed by atoms with Crippen molar-refractivity contribution in [1.29, 1.82) is 0 Å². The van der Waals surface area contributed by atoms with Gasteiger partial charge in [0.05, 0.1) is 6.61 Å². The largest absolute Gasteiger partial charge is 0.493 e. The normalized spacial score (nSPS) is 10.6. The van der Waals surface area contributed by atoms with Crippen LogP contribution in [0, 0.1) is 5.82 Å². The van der Waals surface area contributed by atoms with E-state index >= 15 is 0 Å². The second-order valence-corrected chi connectivity index (χ2v) is 5.83. The van der Waals surface area contributed by atoms with E-state index in [0.29, 0.717) is 6.61 Å². The molecule has 0 fully saturated rings. The first kappa shape index (κ1) is 17.1. The molecule has 3 rings (SSSR count). The first-order valence-electron chi connectivity index (χ1n) is 8.35. The average molecular weight is 336 g/mol. The molecule has 0 aliphatic heterocycles. The third-order valence-corrected chi connectivity index (χ3v) is 3.88. The molecule has 0 bridgehead atoms. The molecule has 25 heavy (non-hydrogen) atoms. The van der Waals surface area contributed by atoms with Crippen molar-refractivity contribution in [1.82, 2.24) is 10.3 Å². The molecule has 0 aliphatic rings. The van der Waals surface area contributed by atoms with Gasteiger partial charge in [-0.2, -0.15) is 0 Å². The monoisotopic (exact) mass is 336 g/mol. The van der Waals surface area contributed by atoms with E-state index in [-0.39, 0.29) is 5.82 Å². The minimum absolute atomic E-state index is 0.211. The number of halogens is 1. The molecule has 3 aromatic rings. The fraction of sp³-hybridized carbons (Fsp3) is 0.190. The number of hydrogen-bond acceptors (Lipinski definition) is 3. The van der Waals surface area contributed by atoms with Crippen LogP contribution in [0.5, 0.6) is 5.75 Å². The first-order chi connectivity index (χ1) is 12.3. The third-order valence-electron chi connectivity index (χ3n) is 3.88. The van der Waals surface area contributed by atoms with E-state index in [1.54, 1.807) is 24.5 Å². The lowest BCUT2D eigenvalue weighted by Gasteiger charge is -2.09. The number of hydrogen-bond donors (Lipinski definition) is 1. The number of nitrogens with one attached hydrogen (secondary N) is 1. The van der Waals surface area contributed by atoms with Crippen LogP contribution < -0.4 is 10.1 Å². The Morgan fingerprint density at radius 2 is 1.60 bits per heavy atom. The summed E-state index contributed by atoms with van der Waals surface area (Å²) in [5.41, 5.74) is 3.45. The van der Waals surface area contributed by atoms with Crippen molar-refractivity contribution < 1.29 is 9.13 Å². The summed E-state index contributed by atoms with van der Waals surface area (Å²) in [5.74, 6) is 0.641. The molecular weight excluding hydrogens is 315 g/mol. The lowest BCUT2D eigenvalue weighted by Crippen LogP contribution is -2.12. The van der Waals surface area contributed by atoms with Crippen LogP contribution in [-0.4, -0.2) is 11.6 Å². The van der Waals surface area contributed by atoms with Crippen molar-refractivity contribution in [2.24, 2.45) is 0 Å². The van der Waals surface area contributed by atoms with E-state index in [1.807, 2.05) is 30.3 Å². The van der Waals surface area contributed by atoms with Gasteiger partial charge in [-0.1, -0.05) is 24.3 Å². The number of nitrogens with zero attached hydrogens (tertiary/aromatic N) is 1. The van der Waals surface area contributed by atoms with Crippen LogP contribution in [0.2, 0.25) is 0 Å². The van der Waals surface area contributed by atoms with E-state index in [9.17, 15) is 4.39 Å². The molecule has 3 nitrogen and oxygen atoms in total. The van der Waals surface area contributed by atoms with Gasteiger partial charge in [-0.25, -0.2) is 4.39 Å². The summed E-state index contributed by atoms with van der Waals surface area (Å²) < 4.78 is 18.7. The zero-order valence-electron chi connectivity index (χ0n) is 14.0. The van der Waals surface area contributed by atoms with Crippen LogP contribution in [0.4, 0.5) is 4.39 Å². The van der Waals surface area contributed by atoms with Crippen LogP contribution in [0.15, 0.2) is 73.1 Å². The van der Waals surface area contributed by atoms with E-state index in [1.165, 1.54) is 23.3 Å². The summed E-state index contributed by atoms with van der Waals surface area (Å²) in [5, 5.41) is 3.41. The van der Waals surface area contributed by atoms with Crippen LogP contribution >= 0.6 is 0 Å². The first-order valence-corrected chi connectivity index (χ1v) is 8.35. The molecule has 2 aromatic carbocycles. The summed E-state index contributed by atoms with van der Waals surface area (Å²) in [6, 6.07) is 18.6. The van der Waals surface area contributed by atoms with Gasteiger partial charge in [-0.05, 0) is 53.1 Å². The molecule has 1 heterocycles. The van der Waals surface area contributed by atoms with E-state index in [4.69, 9.17) is 4.74 Å². The van der Waals surface area contributed by atoms with E-state index in [0.717, 1.165) is 30.8 Å². The number of pyridine rings is 1. The Balaban J connectivity index is 1.45. The highest BCUT2D eigenvalue weighted by molar-refractivity contribution is 5.28. The van der Waals surface area contributed by atoms with Crippen LogP contribution in [0.1, 0.15) is 16.7 Å². The second kappa shape index (κ2) is 8.94. The summed E-state index contributed by atoms with van der Waals surface area (Å²) in [6.45, 7) is 2.15. The van der Waals surface area contributed by atoms with Crippen LogP contribution in [0.3, 0.4) is 0 Å². The highest BCUT2D eigenvalue weighted by atomic mass is 19.1. The highest BCUT2D eigenvalue weighted by Gasteiger charge is 1.99. The van der Waals surface area contributed by atoms with Gasteiger partial charge >= 0.3 is 0 Å². The Labute approximate surface area is 147 Å². The van der Waals surface area contributed by atoms with Gasteiger partial charge in [-0.15, -0.1) is 0 Å². The minimum Gasteiger partial charge on any atom is -0.493 e. The number of benzene rings is 2. The lowest BCUT2D eigenvalue weighted by atomic mass is 10.1. The molecule has 0 unspecified atom stereocenters. The molecule has 0 radical (unpaired) electrons. The lowest BCUT2D eigenvalue weighted by molar-refractivity contribution is 0.321. The smallest absolute Gasteiger partial charge is 0.123 e. The molecule has 128 valence electrons. The van der Waals surface area contributed by atoms with Gasteiger partial charge in [0.1, 0.15) is 11.6 Å². The Bertz CT molecular complexity index is 775. The quantitative estimate of drug-likeness (QED) is 0.671. The Kier molecular flexibility index (Phi) is 6.12. The fourth-order valence-electron chi connectivity index (χ4n) is 2.53. The Hall–Kier alpha value is -2.72. The maximum absolute atomic E-state index is 12.9. The molecule has 0 amide bonds. The van der Waals surface area contributed by atoms with Gasteiger partial charge in [-0.3, -0.25) is 4.98 Å². The maximum Gasteiger partial charge on any atom is 0.123 e. The topological polar surface area (TPSA) is 34.1 Å². The SMILES string of the molecule is Fc1ccc(CCOc2cccc(CNCc3ccncc3)c2)cc1. The number of rotatable bonds is 8. The van der Waals surface area contributed by atoms with Crippen molar-refractivity contribution in [2.45, 2.75) is 19.5 Å². The third kappa shape index (κ3) is 5.69. The van der Waals surface area contributed by atoms with Crippen molar-refractivity contribution in [2.75, 3.05) is 6.61 Å². The molecule has 1 aromatic heterocycles. The number of aromatic nitrogens is 1. The van der Waals surface area contributed by atoms with Crippen molar-refractivity contribution in [3.8, 4) is 5.75 Å². The highest BCUT2D eigenvalue weighted by Crippen LogP contribution is 2.14.